The summed E-state index contributed by atoms with van der Waals surface area (Å²) < 4.78 is 21.2. The molecule has 1 aromatic heterocycles. The Kier molecular flexibility index (Phi) is 4.74. The fourth-order valence-corrected chi connectivity index (χ4v) is 2.35. The Morgan fingerprint density at radius 3 is 2.85 bits per heavy atom. The number of nitrogens with one attached hydrogen (secondary N) is 1. The maximum absolute atomic E-state index is 13.7. The van der Waals surface area contributed by atoms with Crippen LogP contribution in [0.1, 0.15) is 24.2 Å². The summed E-state index contributed by atoms with van der Waals surface area (Å²) in [6.07, 6.45) is 1.62. The van der Waals surface area contributed by atoms with Gasteiger partial charge in [-0.15, -0.1) is 0 Å². The van der Waals surface area contributed by atoms with Gasteiger partial charge in [0, 0.05) is 6.54 Å². The molecule has 1 atom stereocenters. The third-order valence-electron chi connectivity index (χ3n) is 3.08. The van der Waals surface area contributed by atoms with Crippen molar-refractivity contribution in [1.82, 2.24) is 15.2 Å². The van der Waals surface area contributed by atoms with E-state index >= 15 is 0 Å². The van der Waals surface area contributed by atoms with E-state index in [0.29, 0.717) is 22.3 Å². The summed E-state index contributed by atoms with van der Waals surface area (Å²) in [5.41, 5.74) is 4.15. The first-order valence-corrected chi connectivity index (χ1v) is 6.92. The van der Waals surface area contributed by atoms with Crippen molar-refractivity contribution < 1.29 is 9.13 Å². The van der Waals surface area contributed by atoms with Crippen molar-refractivity contribution in [1.29, 1.82) is 0 Å². The highest BCUT2D eigenvalue weighted by Gasteiger charge is 2.23. The van der Waals surface area contributed by atoms with E-state index in [-0.39, 0.29) is 5.82 Å². The predicted molar refractivity (Wildman–Crippen MR) is 77.7 cm³/mol. The zero-order valence-electron chi connectivity index (χ0n) is 11.2. The van der Waals surface area contributed by atoms with Crippen LogP contribution in [0, 0.1) is 5.82 Å². The van der Waals surface area contributed by atoms with Gasteiger partial charge in [0.25, 0.3) is 0 Å². The number of aromatic nitrogens is 2. The second-order valence-corrected chi connectivity index (χ2v) is 5.04. The molecule has 5 nitrogen and oxygen atoms in total. The minimum absolute atomic E-state index is 0.343. The number of hydrazine groups is 1. The average molecular weight is 343 g/mol. The highest BCUT2D eigenvalue weighted by atomic mass is 79.9. The van der Waals surface area contributed by atoms with Crippen LogP contribution in [0.25, 0.3) is 0 Å². The summed E-state index contributed by atoms with van der Waals surface area (Å²) in [4.78, 5) is 0. The summed E-state index contributed by atoms with van der Waals surface area (Å²) in [5.74, 6) is 5.92. The van der Waals surface area contributed by atoms with E-state index in [0.717, 1.165) is 5.69 Å². The molecule has 0 saturated carbocycles. The number of hydrogen-bond acceptors (Lipinski definition) is 4. The number of hydrogen-bond donors (Lipinski definition) is 2. The van der Waals surface area contributed by atoms with Gasteiger partial charge >= 0.3 is 0 Å². The van der Waals surface area contributed by atoms with E-state index in [4.69, 9.17) is 10.6 Å². The number of benzene rings is 1. The van der Waals surface area contributed by atoms with Crippen molar-refractivity contribution in [2.45, 2.75) is 19.5 Å². The highest BCUT2D eigenvalue weighted by molar-refractivity contribution is 9.10. The molecule has 0 saturated heterocycles. The fourth-order valence-electron chi connectivity index (χ4n) is 2.10. The molecule has 1 unspecified atom stereocenters. The van der Waals surface area contributed by atoms with Gasteiger partial charge in [-0.2, -0.15) is 5.10 Å². The van der Waals surface area contributed by atoms with Crippen molar-refractivity contribution in [2.75, 3.05) is 7.11 Å². The molecule has 0 aliphatic rings. The lowest BCUT2D eigenvalue weighted by Crippen LogP contribution is -2.31. The van der Waals surface area contributed by atoms with Crippen LogP contribution in [0.4, 0.5) is 4.39 Å². The van der Waals surface area contributed by atoms with Gasteiger partial charge < -0.3 is 4.74 Å². The average Bonchev–Trinajstić information content (AvgIpc) is 2.86. The maximum Gasteiger partial charge on any atom is 0.161 e. The molecular formula is C13H16BrFN4O. The van der Waals surface area contributed by atoms with Gasteiger partial charge in [-0.05, 0) is 40.5 Å². The quantitative estimate of drug-likeness (QED) is 0.646. The van der Waals surface area contributed by atoms with E-state index in [1.807, 2.05) is 6.92 Å². The molecule has 0 aliphatic heterocycles. The Bertz CT molecular complexity index is 581. The molecule has 20 heavy (non-hydrogen) atoms. The maximum atomic E-state index is 13.7. The summed E-state index contributed by atoms with van der Waals surface area (Å²) in [6.45, 7) is 2.63. The van der Waals surface area contributed by atoms with Crippen molar-refractivity contribution >= 4 is 15.9 Å². The van der Waals surface area contributed by atoms with Crippen LogP contribution in [-0.4, -0.2) is 16.9 Å². The first kappa shape index (κ1) is 15.0. The van der Waals surface area contributed by atoms with Gasteiger partial charge in [0.05, 0.1) is 23.8 Å². The first-order valence-electron chi connectivity index (χ1n) is 6.13. The molecule has 108 valence electrons. The predicted octanol–water partition coefficient (Wildman–Crippen LogP) is 2.37. The fraction of sp³-hybridized carbons (Fsp3) is 0.308. The number of nitrogens with two attached hydrogens (primary N) is 1. The summed E-state index contributed by atoms with van der Waals surface area (Å²) in [6, 6.07) is 4.47. The summed E-state index contributed by atoms with van der Waals surface area (Å²) in [7, 11) is 1.57. The number of rotatable bonds is 5. The third-order valence-corrected chi connectivity index (χ3v) is 3.72. The first-order chi connectivity index (χ1) is 9.62. The van der Waals surface area contributed by atoms with Crippen molar-refractivity contribution in [3.05, 3.63) is 45.9 Å². The van der Waals surface area contributed by atoms with Crippen LogP contribution in [-0.2, 0) is 6.54 Å². The van der Waals surface area contributed by atoms with Gasteiger partial charge in [-0.1, -0.05) is 6.07 Å². The lowest BCUT2D eigenvalue weighted by molar-refractivity contribution is 0.399. The molecule has 1 heterocycles. The number of aryl methyl sites for hydroxylation is 1. The van der Waals surface area contributed by atoms with Crippen LogP contribution in [0.2, 0.25) is 0 Å². The SMILES string of the molecule is CCn1ncc(OC)c1C(NN)c1ccc(Br)c(F)c1. The van der Waals surface area contributed by atoms with E-state index in [2.05, 4.69) is 26.5 Å². The van der Waals surface area contributed by atoms with Gasteiger partial charge in [0.15, 0.2) is 5.75 Å². The monoisotopic (exact) mass is 342 g/mol. The second-order valence-electron chi connectivity index (χ2n) is 4.19. The van der Waals surface area contributed by atoms with Crippen LogP contribution >= 0.6 is 15.9 Å². The zero-order chi connectivity index (χ0) is 14.7. The molecule has 2 rings (SSSR count). The minimum Gasteiger partial charge on any atom is -0.493 e. The lowest BCUT2D eigenvalue weighted by Gasteiger charge is -2.19. The zero-order valence-corrected chi connectivity index (χ0v) is 12.8. The van der Waals surface area contributed by atoms with Crippen molar-refractivity contribution in [2.24, 2.45) is 5.84 Å². The van der Waals surface area contributed by atoms with E-state index in [1.165, 1.54) is 6.07 Å². The number of ether oxygens (including phenoxy) is 1. The number of halogens is 2. The third kappa shape index (κ3) is 2.70. The van der Waals surface area contributed by atoms with Gasteiger partial charge in [0.1, 0.15) is 11.5 Å². The summed E-state index contributed by atoms with van der Waals surface area (Å²) >= 11 is 3.14. The molecule has 0 fully saturated rings. The van der Waals surface area contributed by atoms with Crippen molar-refractivity contribution in [3.63, 3.8) is 0 Å². The molecule has 2 aromatic rings. The Morgan fingerprint density at radius 1 is 1.55 bits per heavy atom. The summed E-state index contributed by atoms with van der Waals surface area (Å²) in [5, 5.41) is 4.23. The second kappa shape index (κ2) is 6.34. The molecule has 0 bridgehead atoms. The number of methoxy groups -OCH3 is 1. The van der Waals surface area contributed by atoms with E-state index < -0.39 is 6.04 Å². The molecule has 7 heteroatoms. The molecular weight excluding hydrogens is 327 g/mol. The van der Waals surface area contributed by atoms with Crippen LogP contribution in [0.3, 0.4) is 0 Å². The molecule has 0 aliphatic carbocycles. The van der Waals surface area contributed by atoms with Gasteiger partial charge in [0.2, 0.25) is 0 Å². The Labute approximate surface area is 125 Å². The largest absolute Gasteiger partial charge is 0.493 e. The molecule has 0 amide bonds. The van der Waals surface area contributed by atoms with Gasteiger partial charge in [-0.25, -0.2) is 9.82 Å². The van der Waals surface area contributed by atoms with Crippen LogP contribution in [0.15, 0.2) is 28.9 Å². The normalized spacial score (nSPS) is 12.4. The van der Waals surface area contributed by atoms with Crippen molar-refractivity contribution in [3.8, 4) is 5.75 Å². The minimum atomic E-state index is -0.407. The molecule has 0 radical (unpaired) electrons. The Hall–Kier alpha value is -1.44. The smallest absolute Gasteiger partial charge is 0.161 e. The highest BCUT2D eigenvalue weighted by Crippen LogP contribution is 2.31. The molecule has 0 spiro atoms. The number of nitrogens with zero attached hydrogens (tertiary/aromatic N) is 2. The Morgan fingerprint density at radius 2 is 2.30 bits per heavy atom. The van der Waals surface area contributed by atoms with E-state index in [9.17, 15) is 4.39 Å². The molecule has 3 N–H and O–H groups in total. The van der Waals surface area contributed by atoms with E-state index in [1.54, 1.807) is 30.1 Å². The Balaban J connectivity index is 2.51. The van der Waals surface area contributed by atoms with Crippen LogP contribution in [0.5, 0.6) is 5.75 Å². The topological polar surface area (TPSA) is 65.1 Å². The standard InChI is InChI=1S/C13H16BrFN4O/c1-3-19-13(11(20-2)7-17-19)12(18-16)8-4-5-9(14)10(15)6-8/h4-7,12,18H,3,16H2,1-2H3. The van der Waals surface area contributed by atoms with Crippen LogP contribution < -0.4 is 16.0 Å². The lowest BCUT2D eigenvalue weighted by atomic mass is 10.0. The van der Waals surface area contributed by atoms with Gasteiger partial charge in [-0.3, -0.25) is 10.5 Å². The molecule has 1 aromatic carbocycles.